The van der Waals surface area contributed by atoms with Crippen molar-refractivity contribution < 1.29 is 9.84 Å². The van der Waals surface area contributed by atoms with Crippen LogP contribution in [0.15, 0.2) is 18.2 Å². The van der Waals surface area contributed by atoms with Gasteiger partial charge >= 0.3 is 0 Å². The summed E-state index contributed by atoms with van der Waals surface area (Å²) in [5, 5.41) is 12.7. The van der Waals surface area contributed by atoms with Gasteiger partial charge in [0.05, 0.1) is 6.61 Å². The van der Waals surface area contributed by atoms with E-state index in [1.54, 1.807) is 0 Å². The molecular weight excluding hydrogens is 238 g/mol. The Bertz CT molecular complexity index is 377. The van der Waals surface area contributed by atoms with Gasteiger partial charge in [-0.15, -0.1) is 0 Å². The highest BCUT2D eigenvalue weighted by Gasteiger charge is 2.11. The van der Waals surface area contributed by atoms with Gasteiger partial charge in [-0.25, -0.2) is 0 Å². The Balaban J connectivity index is 2.47. The van der Waals surface area contributed by atoms with E-state index in [0.717, 1.165) is 18.8 Å². The first kappa shape index (κ1) is 16.0. The van der Waals surface area contributed by atoms with Crippen LogP contribution in [-0.2, 0) is 6.54 Å². The van der Waals surface area contributed by atoms with Crippen LogP contribution in [0.1, 0.15) is 31.9 Å². The Kier molecular flexibility index (Phi) is 6.89. The second-order valence-corrected chi connectivity index (χ2v) is 5.35. The molecule has 108 valence electrons. The highest BCUT2D eigenvalue weighted by Crippen LogP contribution is 2.19. The van der Waals surface area contributed by atoms with Gasteiger partial charge in [-0.05, 0) is 42.9 Å². The molecular formula is C16H27NO2. The summed E-state index contributed by atoms with van der Waals surface area (Å²) in [6.45, 7) is 11.0. The van der Waals surface area contributed by atoms with E-state index in [1.807, 2.05) is 13.0 Å². The molecule has 0 aliphatic rings. The average Bonchev–Trinajstić information content (AvgIpc) is 2.37. The molecule has 3 heteroatoms. The SMILES string of the molecule is CCOc1ccc(CNCC(CO)C(C)C)cc1C. The molecule has 0 amide bonds. The van der Waals surface area contributed by atoms with Crippen LogP contribution >= 0.6 is 0 Å². The van der Waals surface area contributed by atoms with E-state index >= 15 is 0 Å². The Morgan fingerprint density at radius 1 is 1.32 bits per heavy atom. The summed E-state index contributed by atoms with van der Waals surface area (Å²) >= 11 is 0. The summed E-state index contributed by atoms with van der Waals surface area (Å²) in [7, 11) is 0. The van der Waals surface area contributed by atoms with Gasteiger partial charge in [-0.2, -0.15) is 0 Å². The second kappa shape index (κ2) is 8.18. The van der Waals surface area contributed by atoms with Crippen molar-refractivity contribution in [3.05, 3.63) is 29.3 Å². The lowest BCUT2D eigenvalue weighted by Gasteiger charge is -2.19. The normalized spacial score (nSPS) is 12.7. The summed E-state index contributed by atoms with van der Waals surface area (Å²) in [5.41, 5.74) is 2.42. The van der Waals surface area contributed by atoms with Crippen LogP contribution in [0.2, 0.25) is 0 Å². The number of rotatable bonds is 8. The number of hydrogen-bond donors (Lipinski definition) is 2. The van der Waals surface area contributed by atoms with Crippen molar-refractivity contribution in [2.24, 2.45) is 11.8 Å². The lowest BCUT2D eigenvalue weighted by Crippen LogP contribution is -2.28. The molecule has 1 atom stereocenters. The maximum atomic E-state index is 9.28. The van der Waals surface area contributed by atoms with Gasteiger partial charge in [-0.1, -0.05) is 26.0 Å². The number of ether oxygens (including phenoxy) is 1. The molecule has 0 heterocycles. The van der Waals surface area contributed by atoms with Crippen LogP contribution < -0.4 is 10.1 Å². The molecule has 1 unspecified atom stereocenters. The molecule has 2 N–H and O–H groups in total. The van der Waals surface area contributed by atoms with E-state index in [4.69, 9.17) is 4.74 Å². The quantitative estimate of drug-likeness (QED) is 0.759. The predicted molar refractivity (Wildman–Crippen MR) is 79.5 cm³/mol. The van der Waals surface area contributed by atoms with E-state index in [0.29, 0.717) is 18.4 Å². The number of aryl methyl sites for hydroxylation is 1. The number of benzene rings is 1. The van der Waals surface area contributed by atoms with Crippen molar-refractivity contribution in [1.82, 2.24) is 5.32 Å². The zero-order valence-corrected chi connectivity index (χ0v) is 12.6. The highest BCUT2D eigenvalue weighted by atomic mass is 16.5. The van der Waals surface area contributed by atoms with Gasteiger partial charge in [0.2, 0.25) is 0 Å². The maximum absolute atomic E-state index is 9.28. The maximum Gasteiger partial charge on any atom is 0.122 e. The zero-order chi connectivity index (χ0) is 14.3. The minimum atomic E-state index is 0.243. The molecule has 0 spiro atoms. The van der Waals surface area contributed by atoms with Gasteiger partial charge < -0.3 is 15.2 Å². The molecule has 0 aliphatic heterocycles. The smallest absolute Gasteiger partial charge is 0.122 e. The third-order valence-corrected chi connectivity index (χ3v) is 3.45. The van der Waals surface area contributed by atoms with Crippen LogP contribution in [0.3, 0.4) is 0 Å². The average molecular weight is 265 g/mol. The first-order chi connectivity index (χ1) is 9.08. The molecule has 1 aromatic rings. The fourth-order valence-corrected chi connectivity index (χ4v) is 2.05. The van der Waals surface area contributed by atoms with Gasteiger partial charge in [0.1, 0.15) is 5.75 Å². The molecule has 0 saturated carbocycles. The van der Waals surface area contributed by atoms with Crippen LogP contribution in [0.4, 0.5) is 0 Å². The topological polar surface area (TPSA) is 41.5 Å². The zero-order valence-electron chi connectivity index (χ0n) is 12.6. The molecule has 0 aromatic heterocycles. The molecule has 3 nitrogen and oxygen atoms in total. The summed E-state index contributed by atoms with van der Waals surface area (Å²) in [5.74, 6) is 1.78. The van der Waals surface area contributed by atoms with Crippen LogP contribution in [0.5, 0.6) is 5.75 Å². The Morgan fingerprint density at radius 3 is 2.58 bits per heavy atom. The van der Waals surface area contributed by atoms with E-state index in [1.165, 1.54) is 11.1 Å². The van der Waals surface area contributed by atoms with Crippen molar-refractivity contribution in [2.75, 3.05) is 19.8 Å². The summed E-state index contributed by atoms with van der Waals surface area (Å²) in [6, 6.07) is 6.28. The van der Waals surface area contributed by atoms with Gasteiger partial charge in [0.25, 0.3) is 0 Å². The van der Waals surface area contributed by atoms with Crippen LogP contribution in [0, 0.1) is 18.8 Å². The first-order valence-electron chi connectivity index (χ1n) is 7.12. The third kappa shape index (κ3) is 5.21. The summed E-state index contributed by atoms with van der Waals surface area (Å²) in [4.78, 5) is 0. The van der Waals surface area contributed by atoms with Gasteiger partial charge in [-0.3, -0.25) is 0 Å². The van der Waals surface area contributed by atoms with Crippen LogP contribution in [-0.4, -0.2) is 24.9 Å². The second-order valence-electron chi connectivity index (χ2n) is 5.35. The lowest BCUT2D eigenvalue weighted by atomic mass is 9.97. The lowest BCUT2D eigenvalue weighted by molar-refractivity contribution is 0.186. The van der Waals surface area contributed by atoms with E-state index in [9.17, 15) is 5.11 Å². The van der Waals surface area contributed by atoms with E-state index in [2.05, 4.69) is 38.2 Å². The Hall–Kier alpha value is -1.06. The van der Waals surface area contributed by atoms with Crippen molar-refractivity contribution in [3.63, 3.8) is 0 Å². The molecule has 19 heavy (non-hydrogen) atoms. The van der Waals surface area contributed by atoms with Crippen molar-refractivity contribution in [2.45, 2.75) is 34.2 Å². The first-order valence-corrected chi connectivity index (χ1v) is 7.12. The minimum Gasteiger partial charge on any atom is -0.494 e. The summed E-state index contributed by atoms with van der Waals surface area (Å²) < 4.78 is 5.53. The highest BCUT2D eigenvalue weighted by molar-refractivity contribution is 5.36. The van der Waals surface area contributed by atoms with Crippen LogP contribution in [0.25, 0.3) is 0 Å². The fourth-order valence-electron chi connectivity index (χ4n) is 2.05. The summed E-state index contributed by atoms with van der Waals surface area (Å²) in [6.07, 6.45) is 0. The Labute approximate surface area is 117 Å². The molecule has 1 rings (SSSR count). The number of aliphatic hydroxyl groups is 1. The number of hydrogen-bond acceptors (Lipinski definition) is 3. The predicted octanol–water partition coefficient (Wildman–Crippen LogP) is 2.75. The molecule has 0 aliphatic carbocycles. The third-order valence-electron chi connectivity index (χ3n) is 3.45. The van der Waals surface area contributed by atoms with Crippen molar-refractivity contribution in [1.29, 1.82) is 0 Å². The molecule has 0 bridgehead atoms. The van der Waals surface area contributed by atoms with Crippen molar-refractivity contribution in [3.8, 4) is 5.75 Å². The fraction of sp³-hybridized carbons (Fsp3) is 0.625. The van der Waals surface area contributed by atoms with Crippen molar-refractivity contribution >= 4 is 0 Å². The van der Waals surface area contributed by atoms with E-state index < -0.39 is 0 Å². The number of aliphatic hydroxyl groups excluding tert-OH is 1. The minimum absolute atomic E-state index is 0.243. The monoisotopic (exact) mass is 265 g/mol. The van der Waals surface area contributed by atoms with Gasteiger partial charge in [0, 0.05) is 19.7 Å². The van der Waals surface area contributed by atoms with E-state index in [-0.39, 0.29) is 6.61 Å². The van der Waals surface area contributed by atoms with Gasteiger partial charge in [0.15, 0.2) is 0 Å². The Morgan fingerprint density at radius 2 is 2.05 bits per heavy atom. The molecule has 1 aromatic carbocycles. The molecule has 0 saturated heterocycles. The largest absolute Gasteiger partial charge is 0.494 e. The number of nitrogens with one attached hydrogen (secondary N) is 1. The standard InChI is InChI=1S/C16H27NO2/c1-5-19-16-7-6-14(8-13(16)4)9-17-10-15(11-18)12(2)3/h6-8,12,15,17-18H,5,9-11H2,1-4H3. The molecule has 0 radical (unpaired) electrons. The molecule has 0 fully saturated rings.